The summed E-state index contributed by atoms with van der Waals surface area (Å²) >= 11 is 12.1. The van der Waals surface area contributed by atoms with Crippen LogP contribution in [-0.4, -0.2) is 31.0 Å². The Balaban J connectivity index is 2.27. The van der Waals surface area contributed by atoms with E-state index < -0.39 is 0 Å². The van der Waals surface area contributed by atoms with E-state index in [9.17, 15) is 4.79 Å². The van der Waals surface area contributed by atoms with Gasteiger partial charge in [0.1, 0.15) is 5.75 Å². The third-order valence-corrected chi connectivity index (χ3v) is 3.72. The van der Waals surface area contributed by atoms with Crippen LogP contribution in [0.4, 0.5) is 0 Å². The zero-order valence-electron chi connectivity index (χ0n) is 10.2. The van der Waals surface area contributed by atoms with Gasteiger partial charge in [-0.1, -0.05) is 23.2 Å². The van der Waals surface area contributed by atoms with Gasteiger partial charge in [-0.3, -0.25) is 4.79 Å². The van der Waals surface area contributed by atoms with Crippen LogP contribution in [0.15, 0.2) is 12.1 Å². The molecule has 1 aliphatic rings. The van der Waals surface area contributed by atoms with Gasteiger partial charge < -0.3 is 9.64 Å². The van der Waals surface area contributed by atoms with Gasteiger partial charge in [0.2, 0.25) is 0 Å². The lowest BCUT2D eigenvalue weighted by Gasteiger charge is -2.27. The number of piperidine rings is 1. The van der Waals surface area contributed by atoms with Gasteiger partial charge in [-0.2, -0.15) is 0 Å². The van der Waals surface area contributed by atoms with Crippen molar-refractivity contribution in [2.75, 3.05) is 20.2 Å². The van der Waals surface area contributed by atoms with Crippen molar-refractivity contribution in [2.24, 2.45) is 0 Å². The Morgan fingerprint density at radius 3 is 2.44 bits per heavy atom. The zero-order chi connectivity index (χ0) is 13.1. The van der Waals surface area contributed by atoms with Crippen LogP contribution in [-0.2, 0) is 0 Å². The minimum atomic E-state index is -0.0516. The van der Waals surface area contributed by atoms with E-state index in [1.54, 1.807) is 12.1 Å². The summed E-state index contributed by atoms with van der Waals surface area (Å²) in [5, 5.41) is 0.786. The molecule has 1 aliphatic heterocycles. The summed E-state index contributed by atoms with van der Waals surface area (Å²) in [6, 6.07) is 3.17. The number of rotatable bonds is 2. The molecular weight excluding hydrogens is 273 g/mol. The summed E-state index contributed by atoms with van der Waals surface area (Å²) in [6.07, 6.45) is 3.28. The number of carbonyl (C=O) groups excluding carboxylic acids is 1. The molecule has 0 aliphatic carbocycles. The number of halogens is 2. The fourth-order valence-corrected chi connectivity index (χ4v) is 2.59. The Labute approximate surface area is 117 Å². The van der Waals surface area contributed by atoms with E-state index in [1.807, 2.05) is 4.90 Å². The number of benzene rings is 1. The lowest BCUT2D eigenvalue weighted by Crippen LogP contribution is -2.35. The van der Waals surface area contributed by atoms with Gasteiger partial charge in [0, 0.05) is 19.2 Å². The van der Waals surface area contributed by atoms with Crippen molar-refractivity contribution >= 4 is 29.1 Å². The average molecular weight is 288 g/mol. The first kappa shape index (κ1) is 13.5. The van der Waals surface area contributed by atoms with E-state index in [2.05, 4.69) is 0 Å². The molecule has 0 bridgehead atoms. The standard InChI is InChI=1S/C13H15Cl2NO2/c1-18-12-8-10(14)9(7-11(12)15)13(17)16-5-3-2-4-6-16/h7-8H,2-6H2,1H3. The first-order chi connectivity index (χ1) is 8.63. The summed E-state index contributed by atoms with van der Waals surface area (Å²) in [5.41, 5.74) is 0.448. The molecule has 98 valence electrons. The molecule has 0 radical (unpaired) electrons. The number of likely N-dealkylation sites (tertiary alicyclic amines) is 1. The fourth-order valence-electron chi connectivity index (χ4n) is 2.12. The molecule has 0 atom stereocenters. The predicted molar refractivity (Wildman–Crippen MR) is 72.8 cm³/mol. The Morgan fingerprint density at radius 1 is 1.17 bits per heavy atom. The number of nitrogens with zero attached hydrogens (tertiary/aromatic N) is 1. The number of carbonyl (C=O) groups is 1. The topological polar surface area (TPSA) is 29.5 Å². The molecule has 0 N–H and O–H groups in total. The van der Waals surface area contributed by atoms with Crippen molar-refractivity contribution in [1.82, 2.24) is 4.90 Å². The van der Waals surface area contributed by atoms with Gasteiger partial charge in [-0.05, 0) is 25.3 Å². The van der Waals surface area contributed by atoms with Crippen LogP contribution < -0.4 is 4.74 Å². The van der Waals surface area contributed by atoms with Crippen LogP contribution in [0, 0.1) is 0 Å². The SMILES string of the molecule is COc1cc(Cl)c(C(=O)N2CCCCC2)cc1Cl. The molecule has 0 aromatic heterocycles. The second-order valence-electron chi connectivity index (χ2n) is 4.32. The van der Waals surface area contributed by atoms with Gasteiger partial charge >= 0.3 is 0 Å². The van der Waals surface area contributed by atoms with Crippen molar-refractivity contribution < 1.29 is 9.53 Å². The number of hydrogen-bond acceptors (Lipinski definition) is 2. The number of ether oxygens (including phenoxy) is 1. The van der Waals surface area contributed by atoms with Crippen LogP contribution in [0.1, 0.15) is 29.6 Å². The van der Waals surface area contributed by atoms with Gasteiger partial charge in [0.05, 0.1) is 22.7 Å². The molecular formula is C13H15Cl2NO2. The summed E-state index contributed by atoms with van der Waals surface area (Å²) in [4.78, 5) is 14.1. The molecule has 1 amide bonds. The maximum Gasteiger partial charge on any atom is 0.255 e. The Kier molecular flexibility index (Phi) is 4.36. The maximum atomic E-state index is 12.3. The lowest BCUT2D eigenvalue weighted by molar-refractivity contribution is 0.0724. The molecule has 1 saturated heterocycles. The lowest BCUT2D eigenvalue weighted by atomic mass is 10.1. The second-order valence-corrected chi connectivity index (χ2v) is 5.13. The summed E-state index contributed by atoms with van der Waals surface area (Å²) in [5.74, 6) is 0.432. The van der Waals surface area contributed by atoms with Crippen LogP contribution in [0.5, 0.6) is 5.75 Å². The smallest absolute Gasteiger partial charge is 0.255 e. The molecule has 5 heteroatoms. The van der Waals surface area contributed by atoms with Gasteiger partial charge in [0.25, 0.3) is 5.91 Å². The highest BCUT2D eigenvalue weighted by molar-refractivity contribution is 6.36. The molecule has 0 spiro atoms. The van der Waals surface area contributed by atoms with Gasteiger partial charge in [0.15, 0.2) is 0 Å². The van der Waals surface area contributed by atoms with Crippen molar-refractivity contribution in [1.29, 1.82) is 0 Å². The molecule has 3 nitrogen and oxygen atoms in total. The highest BCUT2D eigenvalue weighted by Crippen LogP contribution is 2.31. The fraction of sp³-hybridized carbons (Fsp3) is 0.462. The third kappa shape index (κ3) is 2.73. The van der Waals surface area contributed by atoms with E-state index in [0.29, 0.717) is 21.4 Å². The molecule has 0 saturated carbocycles. The minimum Gasteiger partial charge on any atom is -0.495 e. The van der Waals surface area contributed by atoms with E-state index in [1.165, 1.54) is 13.5 Å². The monoisotopic (exact) mass is 287 g/mol. The summed E-state index contributed by atoms with van der Waals surface area (Å²) < 4.78 is 5.06. The molecule has 18 heavy (non-hydrogen) atoms. The first-order valence-electron chi connectivity index (χ1n) is 5.96. The zero-order valence-corrected chi connectivity index (χ0v) is 11.7. The van der Waals surface area contributed by atoms with Crippen molar-refractivity contribution in [3.8, 4) is 5.75 Å². The van der Waals surface area contributed by atoms with E-state index >= 15 is 0 Å². The van der Waals surface area contributed by atoms with Crippen LogP contribution >= 0.6 is 23.2 Å². The average Bonchev–Trinajstić information content (AvgIpc) is 2.41. The largest absolute Gasteiger partial charge is 0.495 e. The summed E-state index contributed by atoms with van der Waals surface area (Å²) in [6.45, 7) is 1.58. The van der Waals surface area contributed by atoms with Crippen LogP contribution in [0.3, 0.4) is 0 Å². The van der Waals surface area contributed by atoms with Crippen LogP contribution in [0.25, 0.3) is 0 Å². The van der Waals surface area contributed by atoms with E-state index in [-0.39, 0.29) is 5.91 Å². The van der Waals surface area contributed by atoms with Gasteiger partial charge in [-0.15, -0.1) is 0 Å². The Bertz CT molecular complexity index is 457. The molecule has 0 unspecified atom stereocenters. The summed E-state index contributed by atoms with van der Waals surface area (Å²) in [7, 11) is 1.52. The Hall–Kier alpha value is -0.930. The Morgan fingerprint density at radius 2 is 1.83 bits per heavy atom. The number of hydrogen-bond donors (Lipinski definition) is 0. The van der Waals surface area contributed by atoms with Crippen LogP contribution in [0.2, 0.25) is 10.0 Å². The van der Waals surface area contributed by atoms with Crippen molar-refractivity contribution in [3.05, 3.63) is 27.7 Å². The molecule has 1 aromatic carbocycles. The van der Waals surface area contributed by atoms with Gasteiger partial charge in [-0.25, -0.2) is 0 Å². The minimum absolute atomic E-state index is 0.0516. The first-order valence-corrected chi connectivity index (χ1v) is 6.71. The highest BCUT2D eigenvalue weighted by Gasteiger charge is 2.21. The molecule has 1 fully saturated rings. The van der Waals surface area contributed by atoms with E-state index in [4.69, 9.17) is 27.9 Å². The number of methoxy groups -OCH3 is 1. The second kappa shape index (κ2) is 5.81. The quantitative estimate of drug-likeness (QED) is 0.831. The molecule has 1 aromatic rings. The van der Waals surface area contributed by atoms with Crippen molar-refractivity contribution in [2.45, 2.75) is 19.3 Å². The highest BCUT2D eigenvalue weighted by atomic mass is 35.5. The molecule has 1 heterocycles. The predicted octanol–water partition coefficient (Wildman–Crippen LogP) is 3.63. The maximum absolute atomic E-state index is 12.3. The van der Waals surface area contributed by atoms with Crippen molar-refractivity contribution in [3.63, 3.8) is 0 Å². The van der Waals surface area contributed by atoms with E-state index in [0.717, 1.165) is 25.9 Å². The molecule has 2 rings (SSSR count). The number of amides is 1. The normalized spacial score (nSPS) is 15.6. The third-order valence-electron chi connectivity index (χ3n) is 3.12.